The van der Waals surface area contributed by atoms with Crippen molar-refractivity contribution in [1.82, 2.24) is 4.90 Å². The van der Waals surface area contributed by atoms with E-state index in [0.29, 0.717) is 42.1 Å². The summed E-state index contributed by atoms with van der Waals surface area (Å²) in [5, 5.41) is 11.2. The number of amides is 1. The van der Waals surface area contributed by atoms with Crippen LogP contribution in [0, 0.1) is 0 Å². The van der Waals surface area contributed by atoms with Crippen LogP contribution in [0.2, 0.25) is 0 Å². The lowest BCUT2D eigenvalue weighted by Crippen LogP contribution is -2.31. The summed E-state index contributed by atoms with van der Waals surface area (Å²) >= 11 is 0. The molecular formula is C26H29NO7. The summed E-state index contributed by atoms with van der Waals surface area (Å²) in [5.74, 6) is -1.68. The van der Waals surface area contributed by atoms with Gasteiger partial charge in [0.1, 0.15) is 11.5 Å². The lowest BCUT2D eigenvalue weighted by Gasteiger charge is -2.25. The zero-order valence-corrected chi connectivity index (χ0v) is 19.6. The van der Waals surface area contributed by atoms with Crippen LogP contribution >= 0.6 is 0 Å². The van der Waals surface area contributed by atoms with E-state index in [4.69, 9.17) is 14.2 Å². The molecule has 2 aromatic carbocycles. The molecule has 3 rings (SSSR count). The monoisotopic (exact) mass is 467 g/mol. The van der Waals surface area contributed by atoms with Crippen molar-refractivity contribution in [2.75, 3.05) is 34.0 Å². The Bertz CT molecular complexity index is 1070. The van der Waals surface area contributed by atoms with E-state index in [0.717, 1.165) is 6.42 Å². The van der Waals surface area contributed by atoms with E-state index in [9.17, 15) is 19.5 Å². The quantitative estimate of drug-likeness (QED) is 0.187. The Morgan fingerprint density at radius 3 is 2.41 bits per heavy atom. The van der Waals surface area contributed by atoms with Gasteiger partial charge in [-0.05, 0) is 42.7 Å². The third-order valence-electron chi connectivity index (χ3n) is 5.52. The standard InChI is InChI=1S/C26H29NO7/c1-4-14-34-20-8-5-7-19(16-20)23(28)21-22(17-9-11-18(12-10-17)26(31)33-3)27(13-6-15-32-2)25(30)24(21)29/h5,7-12,16,22,28H,4,6,13-15H2,1-3H3/b23-21+. The predicted octanol–water partition coefficient (Wildman–Crippen LogP) is 3.72. The van der Waals surface area contributed by atoms with E-state index in [1.165, 1.54) is 12.0 Å². The Kier molecular flexibility index (Phi) is 8.43. The van der Waals surface area contributed by atoms with Gasteiger partial charge in [0, 0.05) is 25.8 Å². The molecule has 0 saturated carbocycles. The molecule has 0 aromatic heterocycles. The zero-order valence-electron chi connectivity index (χ0n) is 19.6. The average Bonchev–Trinajstić information content (AvgIpc) is 3.12. The number of ketones is 1. The zero-order chi connectivity index (χ0) is 24.7. The smallest absolute Gasteiger partial charge is 0.337 e. The van der Waals surface area contributed by atoms with Crippen LogP contribution in [0.15, 0.2) is 54.1 Å². The Labute approximate surface area is 198 Å². The van der Waals surface area contributed by atoms with E-state index < -0.39 is 23.7 Å². The Balaban J connectivity index is 2.08. The van der Waals surface area contributed by atoms with Crippen molar-refractivity contribution in [3.63, 3.8) is 0 Å². The maximum absolute atomic E-state index is 13.1. The van der Waals surface area contributed by atoms with Crippen LogP contribution < -0.4 is 4.74 Å². The molecule has 1 unspecified atom stereocenters. The van der Waals surface area contributed by atoms with Gasteiger partial charge in [0.15, 0.2) is 0 Å². The molecule has 1 heterocycles. The van der Waals surface area contributed by atoms with Gasteiger partial charge < -0.3 is 24.2 Å². The van der Waals surface area contributed by atoms with Crippen molar-refractivity contribution in [3.05, 3.63) is 70.8 Å². The summed E-state index contributed by atoms with van der Waals surface area (Å²) < 4.78 is 15.5. The minimum absolute atomic E-state index is 0.0131. The van der Waals surface area contributed by atoms with Gasteiger partial charge >= 0.3 is 5.97 Å². The number of likely N-dealkylation sites (tertiary alicyclic amines) is 1. The SMILES string of the molecule is CCCOc1cccc(/C(O)=C2\C(=O)C(=O)N(CCCOC)C2c2ccc(C(=O)OC)cc2)c1. The number of methoxy groups -OCH3 is 2. The van der Waals surface area contributed by atoms with E-state index in [-0.39, 0.29) is 17.9 Å². The normalized spacial score (nSPS) is 17.1. The number of aliphatic hydroxyl groups is 1. The molecule has 1 aliphatic rings. The molecule has 8 nitrogen and oxygen atoms in total. The lowest BCUT2D eigenvalue weighted by atomic mass is 9.94. The Morgan fingerprint density at radius 1 is 1.03 bits per heavy atom. The Hall–Kier alpha value is -3.65. The molecule has 1 aliphatic heterocycles. The van der Waals surface area contributed by atoms with Crippen molar-refractivity contribution >= 4 is 23.4 Å². The second kappa shape index (κ2) is 11.5. The van der Waals surface area contributed by atoms with Gasteiger partial charge in [-0.2, -0.15) is 0 Å². The number of benzene rings is 2. The van der Waals surface area contributed by atoms with Crippen molar-refractivity contribution in [1.29, 1.82) is 0 Å². The maximum Gasteiger partial charge on any atom is 0.337 e. The van der Waals surface area contributed by atoms with Crippen LogP contribution in [0.25, 0.3) is 5.76 Å². The third-order valence-corrected chi connectivity index (χ3v) is 5.52. The fourth-order valence-corrected chi connectivity index (χ4v) is 3.86. The van der Waals surface area contributed by atoms with Gasteiger partial charge in [-0.3, -0.25) is 9.59 Å². The van der Waals surface area contributed by atoms with Crippen LogP contribution in [-0.2, 0) is 19.1 Å². The molecule has 0 aliphatic carbocycles. The number of Topliss-reactive ketones (excluding diaryl/α,β-unsaturated/α-hetero) is 1. The van der Waals surface area contributed by atoms with Gasteiger partial charge in [-0.15, -0.1) is 0 Å². The molecule has 1 saturated heterocycles. The number of nitrogens with zero attached hydrogens (tertiary/aromatic N) is 1. The molecule has 1 N–H and O–H groups in total. The number of rotatable bonds is 10. The van der Waals surface area contributed by atoms with Crippen molar-refractivity contribution in [3.8, 4) is 5.75 Å². The van der Waals surface area contributed by atoms with Gasteiger partial charge in [0.05, 0.1) is 30.9 Å². The fourth-order valence-electron chi connectivity index (χ4n) is 3.86. The molecule has 2 aromatic rings. The van der Waals surface area contributed by atoms with E-state index in [2.05, 4.69) is 0 Å². The minimum Gasteiger partial charge on any atom is -0.507 e. The highest BCUT2D eigenvalue weighted by molar-refractivity contribution is 6.46. The molecule has 0 radical (unpaired) electrons. The topological polar surface area (TPSA) is 102 Å². The van der Waals surface area contributed by atoms with Crippen molar-refractivity contribution < 1.29 is 33.7 Å². The maximum atomic E-state index is 13.1. The number of carbonyl (C=O) groups excluding carboxylic acids is 3. The molecular weight excluding hydrogens is 438 g/mol. The molecule has 1 fully saturated rings. The summed E-state index contributed by atoms with van der Waals surface area (Å²) in [6, 6.07) is 12.4. The van der Waals surface area contributed by atoms with Crippen LogP contribution in [0.4, 0.5) is 0 Å². The number of aliphatic hydroxyl groups excluding tert-OH is 1. The van der Waals surface area contributed by atoms with Gasteiger partial charge in [-0.25, -0.2) is 4.79 Å². The van der Waals surface area contributed by atoms with Crippen molar-refractivity contribution in [2.45, 2.75) is 25.8 Å². The molecule has 0 bridgehead atoms. The number of esters is 1. The second-order valence-corrected chi connectivity index (χ2v) is 7.83. The first-order valence-electron chi connectivity index (χ1n) is 11.1. The second-order valence-electron chi connectivity index (χ2n) is 7.83. The molecule has 1 amide bonds. The molecule has 0 spiro atoms. The number of carbonyl (C=O) groups is 3. The van der Waals surface area contributed by atoms with E-state index in [1.807, 2.05) is 6.92 Å². The summed E-state index contributed by atoms with van der Waals surface area (Å²) in [6.45, 7) is 3.17. The number of hydrogen-bond donors (Lipinski definition) is 1. The predicted molar refractivity (Wildman–Crippen MR) is 126 cm³/mol. The van der Waals surface area contributed by atoms with Gasteiger partial charge in [0.25, 0.3) is 11.7 Å². The summed E-state index contributed by atoms with van der Waals surface area (Å²) in [7, 11) is 2.85. The minimum atomic E-state index is -0.816. The highest BCUT2D eigenvalue weighted by atomic mass is 16.5. The summed E-state index contributed by atoms with van der Waals surface area (Å²) in [5.41, 5.74) is 1.29. The Morgan fingerprint density at radius 2 is 1.76 bits per heavy atom. The first-order chi connectivity index (χ1) is 16.4. The van der Waals surface area contributed by atoms with Crippen LogP contribution in [0.1, 0.15) is 47.3 Å². The highest BCUT2D eigenvalue weighted by Crippen LogP contribution is 2.40. The van der Waals surface area contributed by atoms with E-state index >= 15 is 0 Å². The molecule has 8 heteroatoms. The summed E-state index contributed by atoms with van der Waals surface area (Å²) in [6.07, 6.45) is 1.34. The van der Waals surface area contributed by atoms with Gasteiger partial charge in [0.2, 0.25) is 0 Å². The highest BCUT2D eigenvalue weighted by Gasteiger charge is 2.45. The molecule has 34 heavy (non-hydrogen) atoms. The first-order valence-corrected chi connectivity index (χ1v) is 11.1. The number of hydrogen-bond acceptors (Lipinski definition) is 7. The van der Waals surface area contributed by atoms with Crippen LogP contribution in [0.5, 0.6) is 5.75 Å². The molecule has 1 atom stereocenters. The van der Waals surface area contributed by atoms with Crippen LogP contribution in [-0.4, -0.2) is 61.6 Å². The third kappa shape index (κ3) is 5.28. The summed E-state index contributed by atoms with van der Waals surface area (Å²) in [4.78, 5) is 39.3. The van der Waals surface area contributed by atoms with Crippen LogP contribution in [0.3, 0.4) is 0 Å². The van der Waals surface area contributed by atoms with Crippen molar-refractivity contribution in [2.24, 2.45) is 0 Å². The average molecular weight is 468 g/mol. The first kappa shape index (κ1) is 25.0. The number of ether oxygens (including phenoxy) is 3. The van der Waals surface area contributed by atoms with Gasteiger partial charge in [-0.1, -0.05) is 31.2 Å². The molecule has 180 valence electrons. The van der Waals surface area contributed by atoms with E-state index in [1.54, 1.807) is 55.6 Å². The largest absolute Gasteiger partial charge is 0.507 e. The fraction of sp³-hybridized carbons (Fsp3) is 0.346. The lowest BCUT2D eigenvalue weighted by molar-refractivity contribution is -0.140.